The third-order valence-electron chi connectivity index (χ3n) is 2.85. The first kappa shape index (κ1) is 13.5. The van der Waals surface area contributed by atoms with Crippen molar-refractivity contribution in [1.82, 2.24) is 0 Å². The predicted molar refractivity (Wildman–Crippen MR) is 71.9 cm³/mol. The van der Waals surface area contributed by atoms with Crippen molar-refractivity contribution in [1.29, 1.82) is 0 Å². The summed E-state index contributed by atoms with van der Waals surface area (Å²) in [6, 6.07) is 2.13. The Morgan fingerprint density at radius 1 is 1.44 bits per heavy atom. The summed E-state index contributed by atoms with van der Waals surface area (Å²) in [6.07, 6.45) is 8.21. The van der Waals surface area contributed by atoms with Crippen molar-refractivity contribution in [3.63, 3.8) is 0 Å². The quantitative estimate of drug-likeness (QED) is 0.523. The van der Waals surface area contributed by atoms with Crippen LogP contribution in [0.3, 0.4) is 0 Å². The molecule has 1 aromatic heterocycles. The highest BCUT2D eigenvalue weighted by Gasteiger charge is 2.12. The van der Waals surface area contributed by atoms with Gasteiger partial charge in [0.05, 0.1) is 6.10 Å². The lowest BCUT2D eigenvalue weighted by atomic mass is 10.0. The molecule has 0 fully saturated rings. The van der Waals surface area contributed by atoms with Crippen LogP contribution in [0.2, 0.25) is 0 Å². The van der Waals surface area contributed by atoms with Gasteiger partial charge in [-0.25, -0.2) is 0 Å². The van der Waals surface area contributed by atoms with E-state index in [0.717, 1.165) is 25.7 Å². The Morgan fingerprint density at radius 2 is 2.25 bits per heavy atom. The Bertz CT molecular complexity index is 303. The Balaban J connectivity index is 2.29. The van der Waals surface area contributed by atoms with Crippen molar-refractivity contribution in [2.24, 2.45) is 0 Å². The molecule has 0 aliphatic rings. The normalized spacial score (nSPS) is 12.6. The molecule has 1 N–H and O–H groups in total. The van der Waals surface area contributed by atoms with Gasteiger partial charge in [-0.3, -0.25) is 0 Å². The summed E-state index contributed by atoms with van der Waals surface area (Å²) >= 11 is 1.68. The van der Waals surface area contributed by atoms with Gasteiger partial charge in [-0.05, 0) is 42.7 Å². The average Bonchev–Trinajstić information content (AvgIpc) is 2.76. The number of allylic oxidation sites excluding steroid dienone is 1. The fraction of sp³-hybridized carbons (Fsp3) is 0.571. The highest BCUT2D eigenvalue weighted by Crippen LogP contribution is 2.28. The molecule has 0 aliphatic carbocycles. The molecule has 1 heterocycles. The molecule has 0 bridgehead atoms. The summed E-state index contributed by atoms with van der Waals surface area (Å²) in [5.74, 6) is 0. The third-order valence-corrected chi connectivity index (χ3v) is 3.91. The molecule has 0 radical (unpaired) electrons. The van der Waals surface area contributed by atoms with Gasteiger partial charge in [-0.15, -0.1) is 17.9 Å². The molecule has 0 spiro atoms. The Morgan fingerprint density at radius 3 is 2.94 bits per heavy atom. The van der Waals surface area contributed by atoms with Crippen molar-refractivity contribution in [3.8, 4) is 0 Å². The first-order valence-electron chi connectivity index (χ1n) is 6.14. The van der Waals surface area contributed by atoms with Gasteiger partial charge in [0.15, 0.2) is 0 Å². The molecule has 0 aliphatic heterocycles. The second-order valence-corrected chi connectivity index (χ2v) is 5.05. The van der Waals surface area contributed by atoms with Gasteiger partial charge >= 0.3 is 0 Å². The average molecular weight is 238 g/mol. The first-order chi connectivity index (χ1) is 7.79. The molecule has 0 saturated heterocycles. The van der Waals surface area contributed by atoms with E-state index in [2.05, 4.69) is 24.9 Å². The van der Waals surface area contributed by atoms with E-state index in [0.29, 0.717) is 0 Å². The summed E-state index contributed by atoms with van der Waals surface area (Å²) in [7, 11) is 0. The number of aliphatic hydroxyl groups is 1. The SMILES string of the molecule is C=CCCCCCC(O)c1sccc1CC. The highest BCUT2D eigenvalue weighted by molar-refractivity contribution is 7.10. The van der Waals surface area contributed by atoms with E-state index in [-0.39, 0.29) is 6.10 Å². The van der Waals surface area contributed by atoms with E-state index in [1.807, 2.05) is 6.08 Å². The largest absolute Gasteiger partial charge is 0.388 e. The molecule has 1 unspecified atom stereocenters. The Hall–Kier alpha value is -0.600. The van der Waals surface area contributed by atoms with Crippen molar-refractivity contribution < 1.29 is 5.11 Å². The number of thiophene rings is 1. The minimum atomic E-state index is -0.251. The van der Waals surface area contributed by atoms with Crippen molar-refractivity contribution in [2.75, 3.05) is 0 Å². The van der Waals surface area contributed by atoms with Crippen LogP contribution in [0.4, 0.5) is 0 Å². The lowest BCUT2D eigenvalue weighted by molar-refractivity contribution is 0.166. The van der Waals surface area contributed by atoms with Gasteiger partial charge in [-0.1, -0.05) is 25.8 Å². The van der Waals surface area contributed by atoms with Gasteiger partial charge < -0.3 is 5.11 Å². The van der Waals surface area contributed by atoms with Crippen molar-refractivity contribution in [3.05, 3.63) is 34.5 Å². The second kappa shape index (κ2) is 7.64. The van der Waals surface area contributed by atoms with Gasteiger partial charge in [0, 0.05) is 4.88 Å². The maximum atomic E-state index is 10.1. The van der Waals surface area contributed by atoms with Gasteiger partial charge in [0.25, 0.3) is 0 Å². The second-order valence-electron chi connectivity index (χ2n) is 4.11. The lowest BCUT2D eigenvalue weighted by Crippen LogP contribution is -1.97. The molecule has 0 amide bonds. The molecule has 1 aromatic rings. The summed E-state index contributed by atoms with van der Waals surface area (Å²) in [6.45, 7) is 5.85. The number of unbranched alkanes of at least 4 members (excludes halogenated alkanes) is 3. The molecule has 0 aromatic carbocycles. The number of rotatable bonds is 8. The zero-order chi connectivity index (χ0) is 11.8. The predicted octanol–water partition coefficient (Wildman–Crippen LogP) is 4.48. The smallest absolute Gasteiger partial charge is 0.0884 e. The number of aryl methyl sites for hydroxylation is 1. The lowest BCUT2D eigenvalue weighted by Gasteiger charge is -2.10. The topological polar surface area (TPSA) is 20.2 Å². The van der Waals surface area contributed by atoms with Gasteiger partial charge in [0.1, 0.15) is 0 Å². The summed E-state index contributed by atoms with van der Waals surface area (Å²) in [5, 5.41) is 12.1. The van der Waals surface area contributed by atoms with E-state index in [1.54, 1.807) is 11.3 Å². The monoisotopic (exact) mass is 238 g/mol. The van der Waals surface area contributed by atoms with Gasteiger partial charge in [-0.2, -0.15) is 0 Å². The first-order valence-corrected chi connectivity index (χ1v) is 7.02. The van der Waals surface area contributed by atoms with Crippen LogP contribution in [0.25, 0.3) is 0 Å². The van der Waals surface area contributed by atoms with Crippen LogP contribution < -0.4 is 0 Å². The van der Waals surface area contributed by atoms with Crippen LogP contribution in [0.5, 0.6) is 0 Å². The fourth-order valence-corrected chi connectivity index (χ4v) is 2.88. The van der Waals surface area contributed by atoms with Crippen LogP contribution in [0, 0.1) is 0 Å². The number of hydrogen-bond acceptors (Lipinski definition) is 2. The molecule has 1 rings (SSSR count). The highest BCUT2D eigenvalue weighted by atomic mass is 32.1. The molecular formula is C14H22OS. The van der Waals surface area contributed by atoms with E-state index in [9.17, 15) is 5.11 Å². The molecular weight excluding hydrogens is 216 g/mol. The third kappa shape index (κ3) is 4.11. The molecule has 16 heavy (non-hydrogen) atoms. The number of hydrogen-bond donors (Lipinski definition) is 1. The Labute approximate surface area is 103 Å². The molecule has 1 nitrogen and oxygen atoms in total. The summed E-state index contributed by atoms with van der Waals surface area (Å²) in [5.41, 5.74) is 1.31. The minimum Gasteiger partial charge on any atom is -0.388 e. The standard InChI is InChI=1S/C14H22OS/c1-3-5-6-7-8-9-13(15)14-12(4-2)10-11-16-14/h3,10-11,13,15H,1,4-9H2,2H3. The van der Waals surface area contributed by atoms with E-state index < -0.39 is 0 Å². The van der Waals surface area contributed by atoms with Crippen LogP contribution in [-0.2, 0) is 6.42 Å². The van der Waals surface area contributed by atoms with E-state index in [4.69, 9.17) is 0 Å². The van der Waals surface area contributed by atoms with E-state index in [1.165, 1.54) is 23.3 Å². The maximum Gasteiger partial charge on any atom is 0.0884 e. The van der Waals surface area contributed by atoms with Crippen LogP contribution in [0.1, 0.15) is 55.6 Å². The minimum absolute atomic E-state index is 0.251. The molecule has 90 valence electrons. The maximum absolute atomic E-state index is 10.1. The zero-order valence-corrected chi connectivity index (χ0v) is 10.9. The van der Waals surface area contributed by atoms with Crippen LogP contribution in [0.15, 0.2) is 24.1 Å². The molecule has 1 atom stereocenters. The molecule has 2 heteroatoms. The summed E-state index contributed by atoms with van der Waals surface area (Å²) < 4.78 is 0. The van der Waals surface area contributed by atoms with E-state index >= 15 is 0 Å². The van der Waals surface area contributed by atoms with Crippen molar-refractivity contribution in [2.45, 2.75) is 51.6 Å². The van der Waals surface area contributed by atoms with Crippen LogP contribution >= 0.6 is 11.3 Å². The molecule has 0 saturated carbocycles. The van der Waals surface area contributed by atoms with Crippen molar-refractivity contribution >= 4 is 11.3 Å². The van der Waals surface area contributed by atoms with Crippen LogP contribution in [-0.4, -0.2) is 5.11 Å². The summed E-state index contributed by atoms with van der Waals surface area (Å²) in [4.78, 5) is 1.17. The fourth-order valence-electron chi connectivity index (χ4n) is 1.87. The van der Waals surface area contributed by atoms with Gasteiger partial charge in [0.2, 0.25) is 0 Å². The number of aliphatic hydroxyl groups excluding tert-OH is 1. The zero-order valence-electron chi connectivity index (χ0n) is 10.1. The Kier molecular flexibility index (Phi) is 6.43.